The molecule has 3 fully saturated rings. The van der Waals surface area contributed by atoms with Gasteiger partial charge in [0.2, 0.25) is 5.91 Å². The van der Waals surface area contributed by atoms with E-state index in [0.717, 1.165) is 70.4 Å². The van der Waals surface area contributed by atoms with Crippen molar-refractivity contribution in [2.45, 2.75) is 57.2 Å². The molecule has 142 valence electrons. The Morgan fingerprint density at radius 3 is 2.85 bits per heavy atom. The molecule has 1 saturated carbocycles. The number of nitrogens with zero attached hydrogens (tertiary/aromatic N) is 2. The topological polar surface area (TPSA) is 51.7 Å². The maximum absolute atomic E-state index is 12.5. The van der Waals surface area contributed by atoms with Crippen LogP contribution < -0.4 is 0 Å². The van der Waals surface area contributed by atoms with Crippen LogP contribution in [0.15, 0.2) is 24.5 Å². The maximum Gasteiger partial charge on any atom is 0.225 e. The van der Waals surface area contributed by atoms with Gasteiger partial charge in [-0.2, -0.15) is 0 Å². The third-order valence-corrected chi connectivity index (χ3v) is 6.58. The van der Waals surface area contributed by atoms with Gasteiger partial charge >= 0.3 is 0 Å². The summed E-state index contributed by atoms with van der Waals surface area (Å²) in [7, 11) is 0. The summed E-state index contributed by atoms with van der Waals surface area (Å²) in [5.74, 6) is 1.25. The average molecular weight is 358 g/mol. The van der Waals surface area contributed by atoms with Crippen LogP contribution in [0.3, 0.4) is 0 Å². The Labute approximate surface area is 156 Å². The highest BCUT2D eigenvalue weighted by molar-refractivity contribution is 5.79. The van der Waals surface area contributed by atoms with E-state index in [1.54, 1.807) is 6.20 Å². The number of ether oxygens (including phenoxy) is 2. The molecule has 0 bridgehead atoms. The molecule has 2 saturated heterocycles. The molecule has 3 heterocycles. The normalized spacial score (nSPS) is 25.4. The third-order valence-electron chi connectivity index (χ3n) is 6.58. The van der Waals surface area contributed by atoms with Crippen molar-refractivity contribution in [2.24, 2.45) is 11.8 Å². The van der Waals surface area contributed by atoms with Crippen LogP contribution in [0.5, 0.6) is 0 Å². The van der Waals surface area contributed by atoms with Gasteiger partial charge in [0.25, 0.3) is 0 Å². The van der Waals surface area contributed by atoms with Crippen molar-refractivity contribution in [1.29, 1.82) is 0 Å². The number of rotatable bonds is 6. The highest BCUT2D eigenvalue weighted by Crippen LogP contribution is 2.43. The molecule has 1 spiro atoms. The zero-order chi connectivity index (χ0) is 17.8. The van der Waals surface area contributed by atoms with Gasteiger partial charge in [-0.3, -0.25) is 9.78 Å². The zero-order valence-electron chi connectivity index (χ0n) is 15.6. The molecule has 0 aromatic carbocycles. The van der Waals surface area contributed by atoms with Crippen LogP contribution in [0, 0.1) is 11.8 Å². The molecule has 1 aromatic heterocycles. The minimum absolute atomic E-state index is 0.0198. The fourth-order valence-corrected chi connectivity index (χ4v) is 4.66. The molecule has 3 aliphatic rings. The van der Waals surface area contributed by atoms with Crippen molar-refractivity contribution in [3.63, 3.8) is 0 Å². The van der Waals surface area contributed by atoms with Gasteiger partial charge in [-0.05, 0) is 56.1 Å². The van der Waals surface area contributed by atoms with Gasteiger partial charge in [0.1, 0.15) is 0 Å². The Kier molecular flexibility index (Phi) is 5.55. The molecule has 1 atom stereocenters. The summed E-state index contributed by atoms with van der Waals surface area (Å²) in [6, 6.07) is 3.99. The first-order valence-electron chi connectivity index (χ1n) is 10.2. The molecular weight excluding hydrogens is 328 g/mol. The van der Waals surface area contributed by atoms with Gasteiger partial charge in [-0.1, -0.05) is 12.5 Å². The van der Waals surface area contributed by atoms with Crippen LogP contribution >= 0.6 is 0 Å². The summed E-state index contributed by atoms with van der Waals surface area (Å²) < 4.78 is 12.1. The largest absolute Gasteiger partial charge is 0.377 e. The van der Waals surface area contributed by atoms with E-state index in [2.05, 4.69) is 9.88 Å². The van der Waals surface area contributed by atoms with E-state index in [1.165, 1.54) is 6.42 Å². The number of likely N-dealkylation sites (tertiary alicyclic amines) is 1. The van der Waals surface area contributed by atoms with E-state index in [9.17, 15) is 4.79 Å². The summed E-state index contributed by atoms with van der Waals surface area (Å²) in [6.45, 7) is 3.96. The molecule has 2 aliphatic heterocycles. The molecule has 5 nitrogen and oxygen atoms in total. The number of hydrogen-bond acceptors (Lipinski definition) is 4. The Bertz CT molecular complexity index is 595. The summed E-state index contributed by atoms with van der Waals surface area (Å²) in [5.41, 5.74) is 1.10. The summed E-state index contributed by atoms with van der Waals surface area (Å²) in [4.78, 5) is 18.7. The van der Waals surface area contributed by atoms with Crippen LogP contribution in [-0.2, 0) is 20.9 Å². The van der Waals surface area contributed by atoms with Crippen molar-refractivity contribution in [2.75, 3.05) is 26.3 Å². The summed E-state index contributed by atoms with van der Waals surface area (Å²) >= 11 is 0. The third kappa shape index (κ3) is 3.79. The average Bonchev–Trinajstić information content (AvgIpc) is 3.01. The summed E-state index contributed by atoms with van der Waals surface area (Å²) in [5, 5.41) is 0. The Morgan fingerprint density at radius 2 is 2.15 bits per heavy atom. The number of carbonyl (C=O) groups is 1. The Hall–Kier alpha value is -1.46. The fraction of sp³-hybridized carbons (Fsp3) is 0.714. The molecule has 5 heteroatoms. The lowest BCUT2D eigenvalue weighted by atomic mass is 9.77. The van der Waals surface area contributed by atoms with Crippen molar-refractivity contribution >= 4 is 5.91 Å². The number of amides is 1. The van der Waals surface area contributed by atoms with Gasteiger partial charge in [0.15, 0.2) is 0 Å². The van der Waals surface area contributed by atoms with Crippen LogP contribution in [0.4, 0.5) is 0 Å². The van der Waals surface area contributed by atoms with Gasteiger partial charge in [-0.15, -0.1) is 0 Å². The summed E-state index contributed by atoms with van der Waals surface area (Å²) in [6.07, 6.45) is 11.2. The fourth-order valence-electron chi connectivity index (χ4n) is 4.66. The second-order valence-corrected chi connectivity index (χ2v) is 8.05. The SMILES string of the molecule is O=C(C1CCC1)N1CCC2(CC1)OCCC2CCOCc1cccnc1. The van der Waals surface area contributed by atoms with E-state index >= 15 is 0 Å². The Morgan fingerprint density at radius 1 is 1.31 bits per heavy atom. The number of carbonyl (C=O) groups excluding carboxylic acids is 1. The van der Waals surface area contributed by atoms with E-state index in [4.69, 9.17) is 9.47 Å². The molecule has 4 rings (SSSR count). The van der Waals surface area contributed by atoms with Crippen LogP contribution in [0.1, 0.15) is 50.5 Å². The number of aromatic nitrogens is 1. The first-order valence-corrected chi connectivity index (χ1v) is 10.2. The standard InChI is InChI=1S/C21H30N2O3/c24-20(18-4-1-5-18)23-11-8-21(9-12-23)19(7-14-26-21)6-13-25-16-17-3-2-10-22-15-17/h2-3,10,15,18-19H,1,4-9,11-14,16H2. The molecule has 1 unspecified atom stereocenters. The number of piperidine rings is 1. The first kappa shape index (κ1) is 17.9. The minimum atomic E-state index is -0.0198. The predicted molar refractivity (Wildman–Crippen MR) is 98.5 cm³/mol. The van der Waals surface area contributed by atoms with Crippen molar-refractivity contribution in [3.8, 4) is 0 Å². The first-order chi connectivity index (χ1) is 12.8. The smallest absolute Gasteiger partial charge is 0.225 e. The number of hydrogen-bond donors (Lipinski definition) is 0. The lowest BCUT2D eigenvalue weighted by Gasteiger charge is -2.43. The zero-order valence-corrected chi connectivity index (χ0v) is 15.6. The van der Waals surface area contributed by atoms with Crippen LogP contribution in [-0.4, -0.2) is 47.7 Å². The quantitative estimate of drug-likeness (QED) is 0.733. The van der Waals surface area contributed by atoms with Crippen LogP contribution in [0.2, 0.25) is 0 Å². The van der Waals surface area contributed by atoms with Gasteiger partial charge in [-0.25, -0.2) is 0 Å². The molecule has 26 heavy (non-hydrogen) atoms. The van der Waals surface area contributed by atoms with E-state index in [1.807, 2.05) is 18.3 Å². The second kappa shape index (κ2) is 8.05. The van der Waals surface area contributed by atoms with Crippen molar-refractivity contribution < 1.29 is 14.3 Å². The monoisotopic (exact) mass is 358 g/mol. The van der Waals surface area contributed by atoms with E-state index < -0.39 is 0 Å². The molecule has 0 N–H and O–H groups in total. The highest BCUT2D eigenvalue weighted by atomic mass is 16.5. The lowest BCUT2D eigenvalue weighted by molar-refractivity contribution is -0.144. The lowest BCUT2D eigenvalue weighted by Crippen LogP contribution is -2.51. The molecule has 1 aliphatic carbocycles. The van der Waals surface area contributed by atoms with E-state index in [0.29, 0.717) is 24.3 Å². The highest BCUT2D eigenvalue weighted by Gasteiger charge is 2.47. The van der Waals surface area contributed by atoms with Gasteiger partial charge in [0, 0.05) is 44.6 Å². The molecular formula is C21H30N2O3. The maximum atomic E-state index is 12.5. The van der Waals surface area contributed by atoms with E-state index in [-0.39, 0.29) is 5.60 Å². The van der Waals surface area contributed by atoms with Crippen LogP contribution in [0.25, 0.3) is 0 Å². The minimum Gasteiger partial charge on any atom is -0.377 e. The molecule has 0 radical (unpaired) electrons. The van der Waals surface area contributed by atoms with Gasteiger partial charge < -0.3 is 14.4 Å². The second-order valence-electron chi connectivity index (χ2n) is 8.05. The molecule has 1 amide bonds. The number of pyridine rings is 1. The van der Waals surface area contributed by atoms with Crippen molar-refractivity contribution in [3.05, 3.63) is 30.1 Å². The Balaban J connectivity index is 1.23. The van der Waals surface area contributed by atoms with Crippen molar-refractivity contribution in [1.82, 2.24) is 9.88 Å². The molecule has 1 aromatic rings. The predicted octanol–water partition coefficient (Wildman–Crippen LogP) is 3.19. The van der Waals surface area contributed by atoms with Gasteiger partial charge in [0.05, 0.1) is 12.2 Å².